The average molecular weight is 373 g/mol. The van der Waals surface area contributed by atoms with Gasteiger partial charge in [0.2, 0.25) is 0 Å². The number of fused-ring (bicyclic) bond motifs is 1. The third kappa shape index (κ3) is 2.72. The van der Waals surface area contributed by atoms with E-state index in [-0.39, 0.29) is 11.8 Å². The molecule has 2 aromatic carbocycles. The lowest BCUT2D eigenvalue weighted by atomic mass is 9.99. The minimum atomic E-state index is -0.0546. The highest BCUT2D eigenvalue weighted by Gasteiger charge is 2.35. The zero-order valence-electron chi connectivity index (χ0n) is 15.3. The number of carbonyl (C=O) groups excluding carboxylic acids is 1. The number of likely N-dealkylation sites (tertiary alicyclic amines) is 1. The summed E-state index contributed by atoms with van der Waals surface area (Å²) in [6.07, 6.45) is 0. The monoisotopic (exact) mass is 373 g/mol. The molecule has 7 nitrogen and oxygen atoms in total. The summed E-state index contributed by atoms with van der Waals surface area (Å²) in [5.74, 6) is 1.83. The second-order valence-corrected chi connectivity index (χ2v) is 6.91. The molecule has 0 radical (unpaired) electrons. The molecule has 1 aliphatic rings. The van der Waals surface area contributed by atoms with Gasteiger partial charge in [-0.05, 0) is 30.3 Å². The van der Waals surface area contributed by atoms with E-state index in [2.05, 4.69) is 20.2 Å². The lowest BCUT2D eigenvalue weighted by molar-refractivity contribution is 0.0589. The number of nitrogens with zero attached hydrogens (tertiary/aromatic N) is 3. The molecule has 0 saturated carbocycles. The van der Waals surface area contributed by atoms with Gasteiger partial charge in [0.1, 0.15) is 17.3 Å². The number of aromatic nitrogens is 4. The van der Waals surface area contributed by atoms with E-state index in [1.807, 2.05) is 48.5 Å². The van der Waals surface area contributed by atoms with Crippen LogP contribution in [0, 0.1) is 0 Å². The quantitative estimate of drug-likeness (QED) is 0.575. The van der Waals surface area contributed by atoms with Crippen molar-refractivity contribution in [1.29, 1.82) is 0 Å². The molecule has 0 unspecified atom stereocenters. The molecule has 2 N–H and O–H groups in total. The van der Waals surface area contributed by atoms with Gasteiger partial charge in [0.15, 0.2) is 0 Å². The number of rotatable bonds is 4. The number of carbonyl (C=O) groups is 1. The van der Waals surface area contributed by atoms with Crippen molar-refractivity contribution < 1.29 is 9.53 Å². The number of aromatic amines is 2. The van der Waals surface area contributed by atoms with E-state index in [4.69, 9.17) is 4.74 Å². The van der Waals surface area contributed by atoms with Crippen molar-refractivity contribution >= 4 is 16.9 Å². The number of hydrogen-bond acceptors (Lipinski definition) is 4. The summed E-state index contributed by atoms with van der Waals surface area (Å²) in [6, 6.07) is 17.3. The van der Waals surface area contributed by atoms with Crippen LogP contribution in [-0.2, 0) is 0 Å². The average Bonchev–Trinajstić information content (AvgIpc) is 3.33. The number of ether oxygens (including phenoxy) is 1. The maximum atomic E-state index is 12.8. The Hall–Kier alpha value is -3.61. The van der Waals surface area contributed by atoms with Gasteiger partial charge < -0.3 is 14.6 Å². The van der Waals surface area contributed by atoms with Crippen LogP contribution in [0.25, 0.3) is 22.3 Å². The van der Waals surface area contributed by atoms with Crippen molar-refractivity contribution in [3.8, 4) is 17.0 Å². The molecule has 0 bridgehead atoms. The summed E-state index contributed by atoms with van der Waals surface area (Å²) < 4.78 is 5.38. The summed E-state index contributed by atoms with van der Waals surface area (Å²) >= 11 is 0. The van der Waals surface area contributed by atoms with Gasteiger partial charge >= 0.3 is 0 Å². The van der Waals surface area contributed by atoms with E-state index in [9.17, 15) is 4.79 Å². The first-order valence-corrected chi connectivity index (χ1v) is 9.15. The van der Waals surface area contributed by atoms with Crippen molar-refractivity contribution in [3.05, 3.63) is 66.1 Å². The van der Waals surface area contributed by atoms with Crippen LogP contribution in [0.2, 0.25) is 0 Å². The lowest BCUT2D eigenvalue weighted by Gasteiger charge is -2.37. The summed E-state index contributed by atoms with van der Waals surface area (Å²) in [7, 11) is 1.62. The molecule has 1 amide bonds. The van der Waals surface area contributed by atoms with Gasteiger partial charge in [-0.1, -0.05) is 24.3 Å². The van der Waals surface area contributed by atoms with Crippen LogP contribution < -0.4 is 4.74 Å². The fraction of sp³-hybridized carbons (Fsp3) is 0.190. The van der Waals surface area contributed by atoms with Crippen LogP contribution >= 0.6 is 0 Å². The third-order valence-corrected chi connectivity index (χ3v) is 5.15. The predicted molar refractivity (Wildman–Crippen MR) is 105 cm³/mol. The van der Waals surface area contributed by atoms with Crippen LogP contribution in [0.5, 0.6) is 5.75 Å². The summed E-state index contributed by atoms with van der Waals surface area (Å²) in [4.78, 5) is 22.6. The third-order valence-electron chi connectivity index (χ3n) is 5.15. The van der Waals surface area contributed by atoms with Crippen LogP contribution in [0.3, 0.4) is 0 Å². The fourth-order valence-electron chi connectivity index (χ4n) is 3.58. The number of hydrogen-bond donors (Lipinski definition) is 2. The van der Waals surface area contributed by atoms with Crippen molar-refractivity contribution in [1.82, 2.24) is 25.1 Å². The number of nitrogens with one attached hydrogen (secondary N) is 2. The van der Waals surface area contributed by atoms with Crippen molar-refractivity contribution in [2.24, 2.45) is 0 Å². The number of amides is 1. The number of benzene rings is 2. The Balaban J connectivity index is 1.30. The van der Waals surface area contributed by atoms with Crippen molar-refractivity contribution in [3.63, 3.8) is 0 Å². The molecule has 1 saturated heterocycles. The maximum Gasteiger partial charge on any atom is 0.271 e. The largest absolute Gasteiger partial charge is 0.496 e. The molecule has 0 spiro atoms. The molecule has 2 aromatic heterocycles. The van der Waals surface area contributed by atoms with Gasteiger partial charge in [-0.2, -0.15) is 5.10 Å². The van der Waals surface area contributed by atoms with E-state index in [1.165, 1.54) is 0 Å². The van der Waals surface area contributed by atoms with Crippen molar-refractivity contribution in [2.75, 3.05) is 20.2 Å². The number of H-pyrrole nitrogens is 2. The number of para-hydroxylation sites is 3. The van der Waals surface area contributed by atoms with Crippen LogP contribution in [0.15, 0.2) is 54.6 Å². The Kier molecular flexibility index (Phi) is 3.86. The first kappa shape index (κ1) is 16.6. The molecular formula is C21H19N5O2. The van der Waals surface area contributed by atoms with E-state index in [0.29, 0.717) is 24.5 Å². The Morgan fingerprint density at radius 3 is 2.75 bits per heavy atom. The maximum absolute atomic E-state index is 12.8. The predicted octanol–water partition coefficient (Wildman–Crippen LogP) is 3.20. The SMILES string of the molecule is COc1ccccc1-c1cc(C(=O)N2CC(c3nc4ccccc4[nH]3)C2)[nH]n1. The van der Waals surface area contributed by atoms with Gasteiger partial charge in [0.25, 0.3) is 5.91 Å². The Bertz CT molecular complexity index is 1120. The van der Waals surface area contributed by atoms with Crippen LogP contribution in [0.1, 0.15) is 22.2 Å². The van der Waals surface area contributed by atoms with Crippen LogP contribution in [0.4, 0.5) is 0 Å². The topological polar surface area (TPSA) is 86.9 Å². The zero-order chi connectivity index (χ0) is 19.1. The highest BCUT2D eigenvalue weighted by atomic mass is 16.5. The normalized spacial score (nSPS) is 14.2. The van der Waals surface area contributed by atoms with Gasteiger partial charge in [-0.15, -0.1) is 0 Å². The van der Waals surface area contributed by atoms with Gasteiger partial charge in [0.05, 0.1) is 29.8 Å². The molecule has 140 valence electrons. The molecule has 0 aliphatic carbocycles. The fourth-order valence-corrected chi connectivity index (χ4v) is 3.58. The molecule has 4 aromatic rings. The Morgan fingerprint density at radius 2 is 1.93 bits per heavy atom. The Labute approximate surface area is 161 Å². The molecule has 5 rings (SSSR count). The van der Waals surface area contributed by atoms with Gasteiger partial charge in [-0.3, -0.25) is 9.89 Å². The zero-order valence-corrected chi connectivity index (χ0v) is 15.3. The standard InChI is InChI=1S/C21H19N5O2/c1-28-19-9-5-2-6-14(19)17-10-18(25-24-17)21(27)26-11-13(12-26)20-22-15-7-3-4-8-16(15)23-20/h2-10,13H,11-12H2,1H3,(H,22,23)(H,24,25). The van der Waals surface area contributed by atoms with E-state index < -0.39 is 0 Å². The second-order valence-electron chi connectivity index (χ2n) is 6.91. The molecule has 1 aliphatic heterocycles. The highest BCUT2D eigenvalue weighted by molar-refractivity contribution is 5.94. The van der Waals surface area contributed by atoms with Gasteiger partial charge in [-0.25, -0.2) is 4.98 Å². The van der Waals surface area contributed by atoms with Crippen molar-refractivity contribution in [2.45, 2.75) is 5.92 Å². The molecule has 3 heterocycles. The Morgan fingerprint density at radius 1 is 1.14 bits per heavy atom. The van der Waals surface area contributed by atoms with E-state index in [0.717, 1.165) is 28.2 Å². The van der Waals surface area contributed by atoms with E-state index >= 15 is 0 Å². The summed E-state index contributed by atoms with van der Waals surface area (Å²) in [5, 5.41) is 7.15. The minimum Gasteiger partial charge on any atom is -0.496 e. The molecular weight excluding hydrogens is 354 g/mol. The summed E-state index contributed by atoms with van der Waals surface area (Å²) in [6.45, 7) is 1.28. The smallest absolute Gasteiger partial charge is 0.271 e. The van der Waals surface area contributed by atoms with Gasteiger partial charge in [0, 0.05) is 18.7 Å². The number of methoxy groups -OCH3 is 1. The van der Waals surface area contributed by atoms with Crippen LogP contribution in [-0.4, -0.2) is 51.2 Å². The highest BCUT2D eigenvalue weighted by Crippen LogP contribution is 2.30. The minimum absolute atomic E-state index is 0.0546. The molecule has 7 heteroatoms. The first-order valence-electron chi connectivity index (χ1n) is 9.15. The molecule has 0 atom stereocenters. The summed E-state index contributed by atoms with van der Waals surface area (Å²) in [5.41, 5.74) is 4.00. The first-order chi connectivity index (χ1) is 13.7. The molecule has 1 fully saturated rings. The lowest BCUT2D eigenvalue weighted by Crippen LogP contribution is -2.48. The molecule has 28 heavy (non-hydrogen) atoms. The second kappa shape index (κ2) is 6.53. The number of imidazole rings is 1. The van der Waals surface area contributed by atoms with E-state index in [1.54, 1.807) is 18.1 Å².